The van der Waals surface area contributed by atoms with Gasteiger partial charge in [0.15, 0.2) is 0 Å². The van der Waals surface area contributed by atoms with Crippen molar-refractivity contribution in [3.05, 3.63) is 65.7 Å². The predicted molar refractivity (Wildman–Crippen MR) is 90.3 cm³/mol. The minimum atomic E-state index is 0.301. The fourth-order valence-electron chi connectivity index (χ4n) is 4.84. The van der Waals surface area contributed by atoms with Crippen molar-refractivity contribution in [3.63, 3.8) is 0 Å². The smallest absolute Gasteiger partial charge is 0.228 e. The third-order valence-electron chi connectivity index (χ3n) is 5.78. The number of amides is 1. The van der Waals surface area contributed by atoms with Crippen molar-refractivity contribution in [2.75, 3.05) is 11.4 Å². The molecule has 0 N–H and O–H groups in total. The summed E-state index contributed by atoms with van der Waals surface area (Å²) in [5, 5.41) is 0. The van der Waals surface area contributed by atoms with Crippen LogP contribution >= 0.6 is 0 Å². The van der Waals surface area contributed by atoms with Crippen LogP contribution in [0.4, 0.5) is 5.69 Å². The van der Waals surface area contributed by atoms with Crippen molar-refractivity contribution in [2.24, 2.45) is 0 Å². The Balaban J connectivity index is 1.49. The first kappa shape index (κ1) is 13.3. The van der Waals surface area contributed by atoms with Gasteiger partial charge in [0.1, 0.15) is 0 Å². The first-order valence-electron chi connectivity index (χ1n) is 8.52. The maximum atomic E-state index is 12.7. The van der Waals surface area contributed by atoms with Gasteiger partial charge in [-0.3, -0.25) is 9.69 Å². The first-order valence-corrected chi connectivity index (χ1v) is 8.52. The van der Waals surface area contributed by atoms with E-state index in [9.17, 15) is 4.79 Å². The highest BCUT2D eigenvalue weighted by Crippen LogP contribution is 2.51. The summed E-state index contributed by atoms with van der Waals surface area (Å²) < 4.78 is 0. The van der Waals surface area contributed by atoms with Crippen molar-refractivity contribution in [3.8, 4) is 0 Å². The average Bonchev–Trinajstić information content (AvgIpc) is 3.10. The molecule has 3 heteroatoms. The summed E-state index contributed by atoms with van der Waals surface area (Å²) in [6, 6.07) is 19.8. The molecule has 2 aromatic carbocycles. The van der Waals surface area contributed by atoms with E-state index in [0.717, 1.165) is 25.2 Å². The number of likely N-dealkylation sites (tertiary alicyclic amines) is 1. The molecule has 116 valence electrons. The third-order valence-corrected chi connectivity index (χ3v) is 5.78. The Morgan fingerprint density at radius 2 is 1.78 bits per heavy atom. The van der Waals surface area contributed by atoms with Gasteiger partial charge >= 0.3 is 0 Å². The lowest BCUT2D eigenvalue weighted by atomic mass is 9.83. The van der Waals surface area contributed by atoms with Crippen LogP contribution in [0.1, 0.15) is 29.9 Å². The molecule has 0 bridgehead atoms. The summed E-state index contributed by atoms with van der Waals surface area (Å²) in [6.07, 6.45) is 1.82. The molecule has 3 aliphatic heterocycles. The Hall–Kier alpha value is -2.13. The SMILES string of the molecule is O=C1CC2C3C(CCN2Cc2ccccc2)c2ccccc2N13. The lowest BCUT2D eigenvalue weighted by molar-refractivity contribution is -0.117. The van der Waals surface area contributed by atoms with Crippen LogP contribution in [0.2, 0.25) is 0 Å². The van der Waals surface area contributed by atoms with Gasteiger partial charge in [-0.2, -0.15) is 0 Å². The number of hydrogen-bond acceptors (Lipinski definition) is 2. The predicted octanol–water partition coefficient (Wildman–Crippen LogP) is 3.16. The third kappa shape index (κ3) is 1.89. The van der Waals surface area contributed by atoms with E-state index in [4.69, 9.17) is 0 Å². The van der Waals surface area contributed by atoms with Crippen molar-refractivity contribution in [2.45, 2.75) is 37.4 Å². The van der Waals surface area contributed by atoms with Gasteiger partial charge in [-0.15, -0.1) is 0 Å². The second-order valence-corrected chi connectivity index (χ2v) is 6.94. The highest BCUT2D eigenvalue weighted by atomic mass is 16.2. The number of carbonyl (C=O) groups is 1. The fraction of sp³-hybridized carbons (Fsp3) is 0.350. The van der Waals surface area contributed by atoms with Crippen LogP contribution < -0.4 is 4.90 Å². The van der Waals surface area contributed by atoms with Crippen LogP contribution in [0.25, 0.3) is 0 Å². The van der Waals surface area contributed by atoms with Crippen LogP contribution in [0, 0.1) is 0 Å². The Kier molecular flexibility index (Phi) is 2.86. The van der Waals surface area contributed by atoms with Gasteiger partial charge in [0.25, 0.3) is 0 Å². The Bertz CT molecular complexity index is 757. The summed E-state index contributed by atoms with van der Waals surface area (Å²) in [5.41, 5.74) is 3.89. The van der Waals surface area contributed by atoms with Gasteiger partial charge < -0.3 is 4.90 Å². The zero-order valence-electron chi connectivity index (χ0n) is 13.1. The monoisotopic (exact) mass is 304 g/mol. The van der Waals surface area contributed by atoms with Gasteiger partial charge in [-0.05, 0) is 30.2 Å². The molecule has 2 saturated heterocycles. The second-order valence-electron chi connectivity index (χ2n) is 6.94. The number of fused-ring (bicyclic) bond motifs is 3. The quantitative estimate of drug-likeness (QED) is 0.851. The number of benzene rings is 2. The highest BCUT2D eigenvalue weighted by Gasteiger charge is 2.54. The fourth-order valence-corrected chi connectivity index (χ4v) is 4.84. The minimum absolute atomic E-state index is 0.301. The van der Waals surface area contributed by atoms with E-state index in [1.54, 1.807) is 0 Å². The molecule has 0 radical (unpaired) electrons. The molecule has 3 unspecified atom stereocenters. The largest absolute Gasteiger partial charge is 0.307 e. The average molecular weight is 304 g/mol. The molecular weight excluding hydrogens is 284 g/mol. The van der Waals surface area contributed by atoms with Crippen LogP contribution in [0.15, 0.2) is 54.6 Å². The standard InChI is InChI=1S/C20H20N2O/c23-19-12-18-20-16(15-8-4-5-9-17(15)22(19)20)10-11-21(18)13-14-6-2-1-3-7-14/h1-9,16,18,20H,10-13H2. The first-order chi connectivity index (χ1) is 11.3. The molecule has 0 aromatic heterocycles. The van der Waals surface area contributed by atoms with Gasteiger partial charge in [0.2, 0.25) is 5.91 Å². The van der Waals surface area contributed by atoms with E-state index in [1.165, 1.54) is 11.1 Å². The Labute approximate surface area is 136 Å². The molecule has 3 nitrogen and oxygen atoms in total. The maximum absolute atomic E-state index is 12.7. The van der Waals surface area contributed by atoms with E-state index in [2.05, 4.69) is 64.4 Å². The Morgan fingerprint density at radius 3 is 2.65 bits per heavy atom. The summed E-state index contributed by atoms with van der Waals surface area (Å²) >= 11 is 0. The molecule has 3 atom stereocenters. The zero-order valence-corrected chi connectivity index (χ0v) is 13.1. The lowest BCUT2D eigenvalue weighted by Crippen LogP contribution is -2.50. The molecule has 23 heavy (non-hydrogen) atoms. The Morgan fingerprint density at radius 1 is 1.00 bits per heavy atom. The molecule has 0 aliphatic carbocycles. The summed E-state index contributed by atoms with van der Waals surface area (Å²) in [4.78, 5) is 17.3. The molecule has 2 aromatic rings. The normalized spacial score (nSPS) is 28.8. The van der Waals surface area contributed by atoms with E-state index < -0.39 is 0 Å². The van der Waals surface area contributed by atoms with E-state index in [1.807, 2.05) is 0 Å². The number of nitrogens with zero attached hydrogens (tertiary/aromatic N) is 2. The van der Waals surface area contributed by atoms with Gasteiger partial charge in [0.05, 0.1) is 6.04 Å². The van der Waals surface area contributed by atoms with Crippen LogP contribution in [0.5, 0.6) is 0 Å². The minimum Gasteiger partial charge on any atom is -0.307 e. The molecule has 5 rings (SSSR count). The summed E-state index contributed by atoms with van der Waals surface area (Å²) in [6.45, 7) is 2.03. The molecule has 3 aliphatic rings. The van der Waals surface area contributed by atoms with E-state index >= 15 is 0 Å². The topological polar surface area (TPSA) is 23.6 Å². The number of carbonyl (C=O) groups excluding carboxylic acids is 1. The van der Waals surface area contributed by atoms with E-state index in [0.29, 0.717) is 30.3 Å². The van der Waals surface area contributed by atoms with Gasteiger partial charge in [0, 0.05) is 30.6 Å². The number of para-hydroxylation sites is 1. The lowest BCUT2D eigenvalue weighted by Gasteiger charge is -2.40. The van der Waals surface area contributed by atoms with Gasteiger partial charge in [-0.25, -0.2) is 0 Å². The van der Waals surface area contributed by atoms with Crippen molar-refractivity contribution in [1.29, 1.82) is 0 Å². The van der Waals surface area contributed by atoms with Crippen LogP contribution in [-0.4, -0.2) is 29.4 Å². The van der Waals surface area contributed by atoms with Gasteiger partial charge in [-0.1, -0.05) is 48.5 Å². The number of rotatable bonds is 2. The molecule has 0 saturated carbocycles. The zero-order chi connectivity index (χ0) is 15.4. The molecule has 0 spiro atoms. The number of piperidine rings is 1. The van der Waals surface area contributed by atoms with Crippen molar-refractivity contribution < 1.29 is 4.79 Å². The van der Waals surface area contributed by atoms with Crippen LogP contribution in [-0.2, 0) is 11.3 Å². The molecular formula is C20H20N2O. The van der Waals surface area contributed by atoms with Crippen molar-refractivity contribution >= 4 is 11.6 Å². The van der Waals surface area contributed by atoms with Crippen molar-refractivity contribution in [1.82, 2.24) is 4.90 Å². The van der Waals surface area contributed by atoms with E-state index in [-0.39, 0.29) is 0 Å². The number of anilines is 1. The summed E-state index contributed by atoms with van der Waals surface area (Å²) in [5.74, 6) is 0.824. The number of hydrogen-bond donors (Lipinski definition) is 0. The molecule has 1 amide bonds. The molecule has 3 heterocycles. The molecule has 2 fully saturated rings. The maximum Gasteiger partial charge on any atom is 0.228 e. The second kappa shape index (κ2) is 4.93. The summed E-state index contributed by atoms with van der Waals surface area (Å²) in [7, 11) is 0. The highest BCUT2D eigenvalue weighted by molar-refractivity contribution is 6.00. The van der Waals surface area contributed by atoms with Crippen LogP contribution in [0.3, 0.4) is 0 Å².